The van der Waals surface area contributed by atoms with Crippen molar-refractivity contribution >= 4 is 9.84 Å². The first kappa shape index (κ1) is 16.9. The molecule has 0 bridgehead atoms. The molecule has 0 heterocycles. The highest BCUT2D eigenvalue weighted by atomic mass is 32.2. The molecular formula is C14H22FNO3S. The first-order valence-electron chi connectivity index (χ1n) is 6.71. The smallest absolute Gasteiger partial charge is 0.153 e. The van der Waals surface area contributed by atoms with E-state index in [1.54, 1.807) is 0 Å². The molecule has 0 saturated carbocycles. The van der Waals surface area contributed by atoms with Gasteiger partial charge < -0.3 is 10.5 Å². The predicted octanol–water partition coefficient (Wildman–Crippen LogP) is 1.92. The summed E-state index contributed by atoms with van der Waals surface area (Å²) in [5, 5.41) is 0. The van der Waals surface area contributed by atoms with E-state index in [1.807, 2.05) is 13.8 Å². The molecule has 1 rings (SSSR count). The van der Waals surface area contributed by atoms with E-state index in [2.05, 4.69) is 0 Å². The number of halogens is 1. The topological polar surface area (TPSA) is 69.4 Å². The van der Waals surface area contributed by atoms with Crippen molar-refractivity contribution in [2.45, 2.75) is 32.7 Å². The van der Waals surface area contributed by atoms with Gasteiger partial charge in [-0.1, -0.05) is 6.92 Å². The van der Waals surface area contributed by atoms with E-state index in [9.17, 15) is 12.8 Å². The van der Waals surface area contributed by atoms with Gasteiger partial charge >= 0.3 is 0 Å². The molecule has 0 fully saturated rings. The molecule has 0 saturated heterocycles. The third-order valence-corrected chi connectivity index (χ3v) is 4.55. The van der Waals surface area contributed by atoms with Crippen LogP contribution in [-0.4, -0.2) is 32.6 Å². The van der Waals surface area contributed by atoms with Crippen LogP contribution in [0.3, 0.4) is 0 Å². The molecule has 1 aromatic rings. The van der Waals surface area contributed by atoms with E-state index in [0.717, 1.165) is 0 Å². The summed E-state index contributed by atoms with van der Waals surface area (Å²) in [6.45, 7) is 3.71. The molecule has 1 atom stereocenters. The van der Waals surface area contributed by atoms with Gasteiger partial charge in [0.05, 0.1) is 11.5 Å². The first-order valence-corrected chi connectivity index (χ1v) is 8.53. The highest BCUT2D eigenvalue weighted by Gasteiger charge is 2.12. The minimum Gasteiger partial charge on any atom is -0.492 e. The van der Waals surface area contributed by atoms with Gasteiger partial charge in [-0.3, -0.25) is 0 Å². The van der Waals surface area contributed by atoms with Crippen LogP contribution in [0.1, 0.15) is 25.8 Å². The monoisotopic (exact) mass is 303 g/mol. The lowest BCUT2D eigenvalue weighted by molar-refractivity contribution is 0.335. The maximum Gasteiger partial charge on any atom is 0.153 e. The zero-order valence-corrected chi connectivity index (χ0v) is 12.7. The third-order valence-electron chi connectivity index (χ3n) is 2.73. The molecule has 114 valence electrons. The van der Waals surface area contributed by atoms with Crippen molar-refractivity contribution in [3.63, 3.8) is 0 Å². The number of hydrogen-bond acceptors (Lipinski definition) is 4. The van der Waals surface area contributed by atoms with E-state index in [0.29, 0.717) is 24.2 Å². The van der Waals surface area contributed by atoms with Crippen molar-refractivity contribution in [2.24, 2.45) is 5.73 Å². The fraction of sp³-hybridized carbons (Fsp3) is 0.571. The Balaban J connectivity index is 2.68. The van der Waals surface area contributed by atoms with Crippen LogP contribution >= 0.6 is 0 Å². The van der Waals surface area contributed by atoms with Crippen molar-refractivity contribution in [1.29, 1.82) is 0 Å². The quantitative estimate of drug-likeness (QED) is 0.796. The van der Waals surface area contributed by atoms with Crippen molar-refractivity contribution in [3.8, 4) is 5.75 Å². The molecule has 1 aromatic carbocycles. The second-order valence-electron chi connectivity index (χ2n) is 4.93. The highest BCUT2D eigenvalue weighted by Crippen LogP contribution is 2.21. The number of ether oxygens (including phenoxy) is 1. The second-order valence-corrected chi connectivity index (χ2v) is 7.24. The Morgan fingerprint density at radius 2 is 2.05 bits per heavy atom. The number of benzene rings is 1. The maximum atomic E-state index is 13.2. The third kappa shape index (κ3) is 5.88. The SMILES string of the molecule is CCCS(=O)(=O)CCOc1ccc(F)cc1CC(C)N. The number of nitrogens with two attached hydrogens (primary N) is 1. The van der Waals surface area contributed by atoms with Crippen LogP contribution in [0.5, 0.6) is 5.75 Å². The van der Waals surface area contributed by atoms with Crippen molar-refractivity contribution in [2.75, 3.05) is 18.1 Å². The Labute approximate surface area is 120 Å². The first-order chi connectivity index (χ1) is 9.34. The van der Waals surface area contributed by atoms with E-state index < -0.39 is 9.84 Å². The molecule has 1 unspecified atom stereocenters. The molecule has 2 N–H and O–H groups in total. The van der Waals surface area contributed by atoms with Gasteiger partial charge in [0.2, 0.25) is 0 Å². The zero-order chi connectivity index (χ0) is 15.2. The molecule has 0 aliphatic carbocycles. The van der Waals surface area contributed by atoms with Gasteiger partial charge in [-0.05, 0) is 43.5 Å². The van der Waals surface area contributed by atoms with Crippen LogP contribution in [0.25, 0.3) is 0 Å². The number of rotatable bonds is 8. The Bertz CT molecular complexity index is 529. The van der Waals surface area contributed by atoms with Gasteiger partial charge in [0.1, 0.15) is 18.2 Å². The average molecular weight is 303 g/mol. The number of hydrogen-bond donors (Lipinski definition) is 1. The summed E-state index contributed by atoms with van der Waals surface area (Å²) in [4.78, 5) is 0. The Kier molecular flexibility index (Phi) is 6.42. The Morgan fingerprint density at radius 3 is 2.65 bits per heavy atom. The average Bonchev–Trinajstić information content (AvgIpc) is 2.31. The van der Waals surface area contributed by atoms with Gasteiger partial charge in [0.25, 0.3) is 0 Å². The fourth-order valence-corrected chi connectivity index (χ4v) is 3.05. The van der Waals surface area contributed by atoms with Gasteiger partial charge in [0.15, 0.2) is 9.84 Å². The molecule has 0 aliphatic heterocycles. The van der Waals surface area contributed by atoms with E-state index in [4.69, 9.17) is 10.5 Å². The zero-order valence-electron chi connectivity index (χ0n) is 11.9. The van der Waals surface area contributed by atoms with Gasteiger partial charge in [-0.2, -0.15) is 0 Å². The summed E-state index contributed by atoms with van der Waals surface area (Å²) in [5.41, 5.74) is 6.37. The lowest BCUT2D eigenvalue weighted by Gasteiger charge is -2.13. The van der Waals surface area contributed by atoms with Crippen LogP contribution in [0.2, 0.25) is 0 Å². The summed E-state index contributed by atoms with van der Waals surface area (Å²) < 4.78 is 41.8. The maximum absolute atomic E-state index is 13.2. The van der Waals surface area contributed by atoms with Crippen LogP contribution in [-0.2, 0) is 16.3 Å². The van der Waals surface area contributed by atoms with Crippen LogP contribution in [0, 0.1) is 5.82 Å². The summed E-state index contributed by atoms with van der Waals surface area (Å²) >= 11 is 0. The Hall–Kier alpha value is -1.14. The van der Waals surface area contributed by atoms with Gasteiger partial charge in [-0.25, -0.2) is 12.8 Å². The molecule has 0 aromatic heterocycles. The summed E-state index contributed by atoms with van der Waals surface area (Å²) in [6, 6.07) is 4.06. The van der Waals surface area contributed by atoms with E-state index in [-0.39, 0.29) is 30.0 Å². The van der Waals surface area contributed by atoms with E-state index >= 15 is 0 Å². The standard InChI is InChI=1S/C14H22FNO3S/c1-3-7-20(17,18)8-6-19-14-5-4-13(15)10-12(14)9-11(2)16/h4-5,10-11H,3,6-9,16H2,1-2H3. The lowest BCUT2D eigenvalue weighted by Crippen LogP contribution is -2.20. The van der Waals surface area contributed by atoms with Gasteiger partial charge in [-0.15, -0.1) is 0 Å². The molecule has 20 heavy (non-hydrogen) atoms. The normalized spacial score (nSPS) is 13.2. The lowest BCUT2D eigenvalue weighted by atomic mass is 10.1. The Morgan fingerprint density at radius 1 is 1.35 bits per heavy atom. The molecule has 6 heteroatoms. The van der Waals surface area contributed by atoms with Crippen molar-refractivity contribution in [3.05, 3.63) is 29.6 Å². The summed E-state index contributed by atoms with van der Waals surface area (Å²) in [7, 11) is -3.07. The predicted molar refractivity (Wildman–Crippen MR) is 78.2 cm³/mol. The minimum atomic E-state index is -3.07. The van der Waals surface area contributed by atoms with Crippen molar-refractivity contribution in [1.82, 2.24) is 0 Å². The summed E-state index contributed by atoms with van der Waals surface area (Å²) in [5.74, 6) is 0.268. The molecule has 0 amide bonds. The minimum absolute atomic E-state index is 0.0319. The fourth-order valence-electron chi connectivity index (χ4n) is 1.89. The van der Waals surface area contributed by atoms with Crippen molar-refractivity contribution < 1.29 is 17.5 Å². The highest BCUT2D eigenvalue weighted by molar-refractivity contribution is 7.91. The van der Waals surface area contributed by atoms with Crippen LogP contribution in [0.4, 0.5) is 4.39 Å². The van der Waals surface area contributed by atoms with Gasteiger partial charge in [0, 0.05) is 6.04 Å². The molecular weight excluding hydrogens is 281 g/mol. The number of sulfone groups is 1. The molecule has 4 nitrogen and oxygen atoms in total. The largest absolute Gasteiger partial charge is 0.492 e. The van der Waals surface area contributed by atoms with E-state index in [1.165, 1.54) is 18.2 Å². The molecule has 0 aliphatic rings. The summed E-state index contributed by atoms with van der Waals surface area (Å²) in [6.07, 6.45) is 1.07. The van der Waals surface area contributed by atoms with Crippen LogP contribution < -0.4 is 10.5 Å². The second kappa shape index (κ2) is 7.59. The molecule has 0 radical (unpaired) electrons. The molecule has 0 spiro atoms. The van der Waals surface area contributed by atoms with Crippen LogP contribution in [0.15, 0.2) is 18.2 Å².